The molecule has 0 unspecified atom stereocenters. The smallest absolute Gasteiger partial charge is 0.303 e. The number of likely N-dealkylation sites (tertiary alicyclic amines) is 1. The zero-order valence-corrected chi connectivity index (χ0v) is 25.7. The van der Waals surface area contributed by atoms with Crippen molar-refractivity contribution in [3.8, 4) is 5.75 Å². The van der Waals surface area contributed by atoms with Crippen molar-refractivity contribution in [1.82, 2.24) is 14.8 Å². The highest BCUT2D eigenvalue weighted by Gasteiger charge is 2.37. The van der Waals surface area contributed by atoms with Gasteiger partial charge in [-0.25, -0.2) is 17.6 Å². The van der Waals surface area contributed by atoms with Gasteiger partial charge in [0.2, 0.25) is 0 Å². The van der Waals surface area contributed by atoms with Crippen molar-refractivity contribution in [2.75, 3.05) is 53.0 Å². The first-order chi connectivity index (χ1) is 21.7. The third-order valence-corrected chi connectivity index (χ3v) is 9.39. The molecule has 2 aliphatic rings. The Labute approximate surface area is 261 Å². The molecule has 1 atom stereocenters. The Hall–Kier alpha value is -3.28. The first-order valence-electron chi connectivity index (χ1n) is 15.6. The van der Waals surface area contributed by atoms with Crippen LogP contribution in [0.3, 0.4) is 0 Å². The maximum atomic E-state index is 16.5. The van der Waals surface area contributed by atoms with Gasteiger partial charge in [0.1, 0.15) is 29.4 Å². The zero-order chi connectivity index (χ0) is 32.0. The number of carboxylic acids is 1. The third-order valence-electron chi connectivity index (χ3n) is 9.39. The molecule has 0 aliphatic carbocycles. The summed E-state index contributed by atoms with van der Waals surface area (Å²) in [4.78, 5) is 20.9. The molecule has 2 aromatic carbocycles. The van der Waals surface area contributed by atoms with Crippen molar-refractivity contribution in [1.29, 1.82) is 0 Å². The largest absolute Gasteiger partial charge is 0.497 e. The number of fused-ring (bicyclic) bond motifs is 1. The molecular formula is C34H41F4N3O4. The van der Waals surface area contributed by atoms with Gasteiger partial charge >= 0.3 is 5.97 Å². The number of methoxy groups -OCH3 is 1. The third kappa shape index (κ3) is 8.31. The van der Waals surface area contributed by atoms with Crippen molar-refractivity contribution < 1.29 is 36.9 Å². The van der Waals surface area contributed by atoms with Crippen LogP contribution < -0.4 is 4.74 Å². The minimum Gasteiger partial charge on any atom is -0.497 e. The second kappa shape index (κ2) is 14.9. The van der Waals surface area contributed by atoms with Crippen molar-refractivity contribution >= 4 is 16.9 Å². The molecule has 3 heterocycles. The number of carboxylic acid groups (broad SMARTS) is 1. The first kappa shape index (κ1) is 33.1. The quantitative estimate of drug-likeness (QED) is 0.217. The summed E-state index contributed by atoms with van der Waals surface area (Å²) in [5.74, 6) is -3.02. The van der Waals surface area contributed by atoms with Gasteiger partial charge in [0.15, 0.2) is 0 Å². The molecular weight excluding hydrogens is 590 g/mol. The number of ether oxygens (including phenoxy) is 2. The van der Waals surface area contributed by atoms with Crippen LogP contribution in [0.25, 0.3) is 10.9 Å². The summed E-state index contributed by atoms with van der Waals surface area (Å²) >= 11 is 0. The number of alkyl halides is 1. The molecule has 45 heavy (non-hydrogen) atoms. The van der Waals surface area contributed by atoms with Crippen LogP contribution in [0.1, 0.15) is 61.4 Å². The van der Waals surface area contributed by atoms with E-state index in [9.17, 15) is 23.1 Å². The van der Waals surface area contributed by atoms with Crippen LogP contribution in [0.4, 0.5) is 17.6 Å². The van der Waals surface area contributed by atoms with Crippen LogP contribution in [0, 0.1) is 22.9 Å². The van der Waals surface area contributed by atoms with Crippen molar-refractivity contribution in [2.45, 2.75) is 57.7 Å². The molecule has 2 saturated heterocycles. The van der Waals surface area contributed by atoms with Gasteiger partial charge in [-0.15, -0.1) is 0 Å². The minimum atomic E-state index is -1.33. The molecule has 3 aromatic rings. The average molecular weight is 632 g/mol. The second-order valence-electron chi connectivity index (χ2n) is 12.3. The fourth-order valence-electron chi connectivity index (χ4n) is 6.81. The van der Waals surface area contributed by atoms with E-state index in [2.05, 4.69) is 14.8 Å². The zero-order valence-electron chi connectivity index (χ0n) is 25.7. The van der Waals surface area contributed by atoms with E-state index in [0.717, 1.165) is 18.7 Å². The first-order valence-corrected chi connectivity index (χ1v) is 15.6. The monoisotopic (exact) mass is 631 g/mol. The number of carbonyl (C=O) groups is 1. The number of nitrogens with zero attached hydrogens (tertiary/aromatic N) is 3. The van der Waals surface area contributed by atoms with E-state index in [4.69, 9.17) is 9.47 Å². The highest BCUT2D eigenvalue weighted by Crippen LogP contribution is 2.43. The van der Waals surface area contributed by atoms with E-state index < -0.39 is 35.0 Å². The van der Waals surface area contributed by atoms with Gasteiger partial charge < -0.3 is 19.5 Å². The van der Waals surface area contributed by atoms with Crippen molar-refractivity contribution in [2.24, 2.45) is 5.41 Å². The number of rotatable bonds is 13. The topological polar surface area (TPSA) is 75.1 Å². The SMILES string of the molecule is COc1ccc2ncc(CN3CCOCC3)c([C@@H](F)CCC3(CC(=O)O)CCN(CCCc4c(F)cc(F)cc4F)CC3)c2c1. The standard InChI is InChI=1S/C34H41F4N3O4/c1-44-25-4-5-31-27(19-25)33(23(21-39-31)22-41-13-15-45-16-14-41)28(36)6-7-34(20-32(42)43)8-11-40(12-9-34)10-2-3-26-29(37)17-24(35)18-30(26)38/h4-5,17-19,21,28H,2-3,6-16,20,22H2,1H3,(H,42,43)/t28-/m0/s1. The summed E-state index contributed by atoms with van der Waals surface area (Å²) in [7, 11) is 1.57. The number of morpholine rings is 1. The molecule has 2 aliphatic heterocycles. The highest BCUT2D eigenvalue weighted by molar-refractivity contribution is 5.85. The van der Waals surface area contributed by atoms with Crippen LogP contribution in [-0.4, -0.2) is 78.9 Å². The van der Waals surface area contributed by atoms with E-state index >= 15 is 4.39 Å². The Bertz CT molecular complexity index is 1450. The van der Waals surface area contributed by atoms with Gasteiger partial charge in [-0.05, 0) is 87.3 Å². The lowest BCUT2D eigenvalue weighted by atomic mass is 9.71. The van der Waals surface area contributed by atoms with E-state index in [1.807, 2.05) is 12.1 Å². The van der Waals surface area contributed by atoms with Crippen LogP contribution in [-0.2, 0) is 22.5 Å². The molecule has 0 radical (unpaired) electrons. The molecule has 1 N–H and O–H groups in total. The molecule has 2 fully saturated rings. The van der Waals surface area contributed by atoms with Crippen molar-refractivity contribution in [3.05, 3.63) is 70.7 Å². The van der Waals surface area contributed by atoms with Gasteiger partial charge in [-0.2, -0.15) is 0 Å². The molecule has 1 aromatic heterocycles. The number of hydrogen-bond donors (Lipinski definition) is 1. The number of pyridine rings is 1. The average Bonchev–Trinajstić information content (AvgIpc) is 3.02. The molecule has 0 spiro atoms. The molecule has 0 amide bonds. The molecule has 5 rings (SSSR count). The number of aromatic nitrogens is 1. The van der Waals surface area contributed by atoms with Gasteiger partial charge in [0, 0.05) is 54.5 Å². The summed E-state index contributed by atoms with van der Waals surface area (Å²) in [5, 5.41) is 10.5. The molecule has 7 nitrogen and oxygen atoms in total. The fourth-order valence-corrected chi connectivity index (χ4v) is 6.81. The Kier molecular flexibility index (Phi) is 10.9. The Morgan fingerprint density at radius 2 is 1.78 bits per heavy atom. The second-order valence-corrected chi connectivity index (χ2v) is 12.3. The maximum absolute atomic E-state index is 16.5. The van der Waals surface area contributed by atoms with Crippen LogP contribution in [0.2, 0.25) is 0 Å². The fraction of sp³-hybridized carbons (Fsp3) is 0.529. The number of halogens is 4. The van der Waals surface area contributed by atoms with E-state index in [-0.39, 0.29) is 24.8 Å². The van der Waals surface area contributed by atoms with Crippen molar-refractivity contribution in [3.63, 3.8) is 0 Å². The molecule has 11 heteroatoms. The number of hydrogen-bond acceptors (Lipinski definition) is 6. The van der Waals surface area contributed by atoms with E-state index in [1.54, 1.807) is 19.4 Å². The Balaban J connectivity index is 1.27. The number of benzene rings is 2. The van der Waals surface area contributed by atoms with Crippen LogP contribution in [0.15, 0.2) is 36.5 Å². The van der Waals surface area contributed by atoms with Gasteiger partial charge in [0.05, 0.1) is 32.3 Å². The normalized spacial score (nSPS) is 18.2. The summed E-state index contributed by atoms with van der Waals surface area (Å²) in [6, 6.07) is 6.82. The number of aliphatic carboxylic acids is 1. The van der Waals surface area contributed by atoms with E-state index in [0.29, 0.717) is 99.4 Å². The summed E-state index contributed by atoms with van der Waals surface area (Å²) in [5.41, 5.74) is 1.37. The van der Waals surface area contributed by atoms with Gasteiger partial charge in [-0.1, -0.05) is 0 Å². The van der Waals surface area contributed by atoms with Crippen LogP contribution in [0.5, 0.6) is 5.75 Å². The Morgan fingerprint density at radius 3 is 2.44 bits per heavy atom. The van der Waals surface area contributed by atoms with Gasteiger partial charge in [-0.3, -0.25) is 14.7 Å². The predicted molar refractivity (Wildman–Crippen MR) is 162 cm³/mol. The summed E-state index contributed by atoms with van der Waals surface area (Å²) < 4.78 is 68.8. The summed E-state index contributed by atoms with van der Waals surface area (Å²) in [6.07, 6.45) is 2.72. The summed E-state index contributed by atoms with van der Waals surface area (Å²) in [6.45, 7) is 5.07. The molecule has 244 valence electrons. The predicted octanol–water partition coefficient (Wildman–Crippen LogP) is 6.47. The lowest BCUT2D eigenvalue weighted by Crippen LogP contribution is -2.41. The molecule has 0 bridgehead atoms. The number of piperidine rings is 1. The van der Waals surface area contributed by atoms with Crippen LogP contribution >= 0.6 is 0 Å². The maximum Gasteiger partial charge on any atom is 0.303 e. The highest BCUT2D eigenvalue weighted by atomic mass is 19.1. The Morgan fingerprint density at radius 1 is 1.07 bits per heavy atom. The molecule has 0 saturated carbocycles. The minimum absolute atomic E-state index is 0.0505. The lowest BCUT2D eigenvalue weighted by Gasteiger charge is -2.41. The van der Waals surface area contributed by atoms with E-state index in [1.165, 1.54) is 0 Å². The van der Waals surface area contributed by atoms with Gasteiger partial charge in [0.25, 0.3) is 0 Å². The lowest BCUT2D eigenvalue weighted by molar-refractivity contribution is -0.141.